The van der Waals surface area contributed by atoms with Crippen molar-refractivity contribution in [1.29, 1.82) is 0 Å². The van der Waals surface area contributed by atoms with E-state index < -0.39 is 41.3 Å². The van der Waals surface area contributed by atoms with Crippen LogP contribution in [0.2, 0.25) is 0 Å². The molecule has 0 fully saturated rings. The zero-order valence-corrected chi connectivity index (χ0v) is 10.7. The second kappa shape index (κ2) is 6.21. The van der Waals surface area contributed by atoms with Crippen molar-refractivity contribution >= 4 is 11.7 Å². The van der Waals surface area contributed by atoms with E-state index in [1.807, 2.05) is 0 Å². The van der Waals surface area contributed by atoms with E-state index in [1.54, 1.807) is 30.3 Å². The number of carbonyl (C=O) groups is 2. The van der Waals surface area contributed by atoms with Crippen LogP contribution in [0.3, 0.4) is 0 Å². The Balaban J connectivity index is 2.08. The third-order valence-corrected chi connectivity index (χ3v) is 2.74. The number of nitrogens with one attached hydrogen (secondary N) is 1. The quantitative estimate of drug-likeness (QED) is 0.881. The van der Waals surface area contributed by atoms with E-state index in [0.29, 0.717) is 17.7 Å². The Bertz CT molecular complexity index is 664. The second-order valence-electron chi connectivity index (χ2n) is 4.22. The number of Topliss-reactive ketones (excluding diaryl/α,β-unsaturated/α-hetero) is 1. The van der Waals surface area contributed by atoms with Crippen LogP contribution in [0, 0.1) is 17.5 Å². The molecule has 0 unspecified atom stereocenters. The van der Waals surface area contributed by atoms with E-state index >= 15 is 0 Å². The largest absolute Gasteiger partial charge is 0.344 e. The average molecular weight is 293 g/mol. The number of ketones is 1. The summed E-state index contributed by atoms with van der Waals surface area (Å²) >= 11 is 0. The van der Waals surface area contributed by atoms with Crippen LogP contribution in [0.25, 0.3) is 0 Å². The Morgan fingerprint density at radius 1 is 0.952 bits per heavy atom. The first-order valence-electron chi connectivity index (χ1n) is 6.00. The molecule has 0 saturated carbocycles. The number of amides is 1. The predicted octanol–water partition coefficient (Wildman–Crippen LogP) is 2.72. The fourth-order valence-electron chi connectivity index (χ4n) is 1.73. The third kappa shape index (κ3) is 3.47. The average Bonchev–Trinajstić information content (AvgIpc) is 2.44. The van der Waals surface area contributed by atoms with E-state index in [1.165, 1.54) is 0 Å². The normalized spacial score (nSPS) is 10.2. The number of halogens is 3. The zero-order valence-electron chi connectivity index (χ0n) is 10.7. The smallest absolute Gasteiger partial charge is 0.257 e. The molecule has 0 bridgehead atoms. The lowest BCUT2D eigenvalue weighted by Gasteiger charge is -2.07. The van der Waals surface area contributed by atoms with Crippen molar-refractivity contribution in [2.24, 2.45) is 0 Å². The van der Waals surface area contributed by atoms with Crippen LogP contribution in [0.1, 0.15) is 20.7 Å². The number of hydrogen-bond acceptors (Lipinski definition) is 2. The molecular formula is C15H10F3NO2. The molecule has 0 aromatic heterocycles. The summed E-state index contributed by atoms with van der Waals surface area (Å²) < 4.78 is 39.5. The first kappa shape index (κ1) is 14.8. The standard InChI is InChI=1S/C15H10F3NO2/c16-10-6-11(17)14(12(18)7-10)15(21)19-8-13(20)9-4-2-1-3-5-9/h1-7H,8H2,(H,19,21). The molecule has 0 radical (unpaired) electrons. The fourth-order valence-corrected chi connectivity index (χ4v) is 1.73. The molecule has 1 amide bonds. The van der Waals surface area contributed by atoms with Crippen molar-refractivity contribution in [3.8, 4) is 0 Å². The van der Waals surface area contributed by atoms with Crippen LogP contribution in [0.15, 0.2) is 42.5 Å². The molecule has 108 valence electrons. The van der Waals surface area contributed by atoms with Crippen molar-refractivity contribution in [2.45, 2.75) is 0 Å². The van der Waals surface area contributed by atoms with Gasteiger partial charge in [-0.05, 0) is 0 Å². The summed E-state index contributed by atoms with van der Waals surface area (Å²) in [6.45, 7) is -0.418. The Labute approximate surface area is 118 Å². The maximum Gasteiger partial charge on any atom is 0.257 e. The molecule has 0 aliphatic heterocycles. The number of hydrogen-bond donors (Lipinski definition) is 1. The molecule has 0 aliphatic rings. The molecule has 1 N–H and O–H groups in total. The molecule has 2 aromatic carbocycles. The van der Waals surface area contributed by atoms with Gasteiger partial charge in [0.2, 0.25) is 0 Å². The maximum absolute atomic E-state index is 13.4. The van der Waals surface area contributed by atoms with Gasteiger partial charge in [-0.2, -0.15) is 0 Å². The lowest BCUT2D eigenvalue weighted by Crippen LogP contribution is -2.31. The van der Waals surface area contributed by atoms with Gasteiger partial charge in [0, 0.05) is 17.7 Å². The molecule has 0 heterocycles. The second-order valence-corrected chi connectivity index (χ2v) is 4.22. The van der Waals surface area contributed by atoms with Gasteiger partial charge in [-0.3, -0.25) is 9.59 Å². The maximum atomic E-state index is 13.4. The minimum Gasteiger partial charge on any atom is -0.344 e. The zero-order chi connectivity index (χ0) is 15.4. The van der Waals surface area contributed by atoms with Gasteiger partial charge in [-0.1, -0.05) is 30.3 Å². The summed E-state index contributed by atoms with van der Waals surface area (Å²) in [5, 5.41) is 2.11. The van der Waals surface area contributed by atoms with Gasteiger partial charge in [-0.15, -0.1) is 0 Å². The summed E-state index contributed by atoms with van der Waals surface area (Å²) in [5.74, 6) is -5.29. The van der Waals surface area contributed by atoms with Gasteiger partial charge in [0.05, 0.1) is 6.54 Å². The molecule has 0 atom stereocenters. The summed E-state index contributed by atoms with van der Waals surface area (Å²) in [6, 6.07) is 8.91. The van der Waals surface area contributed by atoms with Crippen LogP contribution >= 0.6 is 0 Å². The van der Waals surface area contributed by atoms with Gasteiger partial charge >= 0.3 is 0 Å². The molecule has 21 heavy (non-hydrogen) atoms. The summed E-state index contributed by atoms with van der Waals surface area (Å²) in [7, 11) is 0. The molecular weight excluding hydrogens is 283 g/mol. The van der Waals surface area contributed by atoms with Crippen LogP contribution in [-0.2, 0) is 0 Å². The van der Waals surface area contributed by atoms with Gasteiger partial charge in [0.25, 0.3) is 5.91 Å². The Morgan fingerprint density at radius 3 is 2.10 bits per heavy atom. The monoisotopic (exact) mass is 293 g/mol. The lowest BCUT2D eigenvalue weighted by molar-refractivity contribution is 0.0898. The van der Waals surface area contributed by atoms with Crippen molar-refractivity contribution < 1.29 is 22.8 Å². The molecule has 0 saturated heterocycles. The third-order valence-electron chi connectivity index (χ3n) is 2.74. The molecule has 0 spiro atoms. The SMILES string of the molecule is O=C(CNC(=O)c1c(F)cc(F)cc1F)c1ccccc1. The van der Waals surface area contributed by atoms with Crippen LogP contribution in [-0.4, -0.2) is 18.2 Å². The molecule has 3 nitrogen and oxygen atoms in total. The minimum atomic E-state index is -1.32. The van der Waals surface area contributed by atoms with Crippen LogP contribution in [0.5, 0.6) is 0 Å². The van der Waals surface area contributed by atoms with Crippen molar-refractivity contribution in [3.63, 3.8) is 0 Å². The van der Waals surface area contributed by atoms with E-state index in [9.17, 15) is 22.8 Å². The molecule has 6 heteroatoms. The summed E-state index contributed by atoms with van der Waals surface area (Å²) in [5.41, 5.74) is -0.560. The van der Waals surface area contributed by atoms with Gasteiger partial charge in [0.15, 0.2) is 5.78 Å². The van der Waals surface area contributed by atoms with E-state index in [4.69, 9.17) is 0 Å². The highest BCUT2D eigenvalue weighted by atomic mass is 19.1. The van der Waals surface area contributed by atoms with Gasteiger partial charge < -0.3 is 5.32 Å². The van der Waals surface area contributed by atoms with Gasteiger partial charge in [-0.25, -0.2) is 13.2 Å². The Hall–Kier alpha value is -2.63. The van der Waals surface area contributed by atoms with E-state index in [0.717, 1.165) is 0 Å². The van der Waals surface area contributed by atoms with Gasteiger partial charge in [0.1, 0.15) is 23.0 Å². The predicted molar refractivity (Wildman–Crippen MR) is 69.4 cm³/mol. The van der Waals surface area contributed by atoms with Crippen molar-refractivity contribution in [1.82, 2.24) is 5.32 Å². The minimum absolute atomic E-state index is 0.359. The van der Waals surface area contributed by atoms with Crippen LogP contribution < -0.4 is 5.32 Å². The van der Waals surface area contributed by atoms with E-state index in [2.05, 4.69) is 5.32 Å². The number of benzene rings is 2. The summed E-state index contributed by atoms with van der Waals surface area (Å²) in [6.07, 6.45) is 0. The van der Waals surface area contributed by atoms with Crippen molar-refractivity contribution in [3.05, 3.63) is 71.0 Å². The first-order chi connectivity index (χ1) is 9.99. The topological polar surface area (TPSA) is 46.2 Å². The Morgan fingerprint density at radius 2 is 1.52 bits per heavy atom. The highest BCUT2D eigenvalue weighted by Crippen LogP contribution is 2.14. The fraction of sp³-hybridized carbons (Fsp3) is 0.0667. The van der Waals surface area contributed by atoms with E-state index in [-0.39, 0.29) is 0 Å². The molecule has 0 aliphatic carbocycles. The highest BCUT2D eigenvalue weighted by Gasteiger charge is 2.19. The Kier molecular flexibility index (Phi) is 4.37. The first-order valence-corrected chi connectivity index (χ1v) is 6.00. The van der Waals surface area contributed by atoms with Crippen molar-refractivity contribution in [2.75, 3.05) is 6.54 Å². The molecule has 2 rings (SSSR count). The highest BCUT2D eigenvalue weighted by molar-refractivity contribution is 6.02. The lowest BCUT2D eigenvalue weighted by atomic mass is 10.1. The molecule has 2 aromatic rings. The van der Waals surface area contributed by atoms with Crippen LogP contribution in [0.4, 0.5) is 13.2 Å². The summed E-state index contributed by atoms with van der Waals surface area (Å²) in [4.78, 5) is 23.4. The number of rotatable bonds is 4. The number of carbonyl (C=O) groups excluding carboxylic acids is 2.